The van der Waals surface area contributed by atoms with Gasteiger partial charge in [-0.2, -0.15) is 0 Å². The van der Waals surface area contributed by atoms with Crippen molar-refractivity contribution in [2.45, 2.75) is 6.92 Å². The van der Waals surface area contributed by atoms with E-state index in [1.807, 2.05) is 35.6 Å². The number of amides is 1. The first kappa shape index (κ1) is 18.6. The standard InChI is InChI=1S/C22H17F2N3O2/c1-13-21(14-3-7-17(29-2)8-4-14)26-20-10-6-16(12-27(13)20)25-22(28)18-11-15(23)5-9-19(18)24/h3-12H,1-2H3,(H,25,28). The topological polar surface area (TPSA) is 55.6 Å². The number of methoxy groups -OCH3 is 1. The zero-order valence-electron chi connectivity index (χ0n) is 15.7. The molecule has 1 N–H and O–H groups in total. The molecule has 2 aromatic carbocycles. The number of anilines is 1. The smallest absolute Gasteiger partial charge is 0.258 e. The summed E-state index contributed by atoms with van der Waals surface area (Å²) in [7, 11) is 1.61. The van der Waals surface area contributed by atoms with Gasteiger partial charge in [-0.15, -0.1) is 0 Å². The molecule has 0 saturated carbocycles. The molecule has 0 aliphatic heterocycles. The summed E-state index contributed by atoms with van der Waals surface area (Å²) in [4.78, 5) is 17.0. The number of fused-ring (bicyclic) bond motifs is 1. The monoisotopic (exact) mass is 393 g/mol. The van der Waals surface area contributed by atoms with Crippen molar-refractivity contribution >= 4 is 17.2 Å². The summed E-state index contributed by atoms with van der Waals surface area (Å²) < 4.78 is 34.2. The van der Waals surface area contributed by atoms with Crippen LogP contribution in [0, 0.1) is 18.6 Å². The molecule has 0 radical (unpaired) electrons. The molecular weight excluding hydrogens is 376 g/mol. The van der Waals surface area contributed by atoms with Crippen molar-refractivity contribution in [1.82, 2.24) is 9.38 Å². The maximum absolute atomic E-state index is 13.8. The van der Waals surface area contributed by atoms with Gasteiger partial charge in [-0.25, -0.2) is 13.8 Å². The van der Waals surface area contributed by atoms with Crippen LogP contribution in [-0.2, 0) is 0 Å². The van der Waals surface area contributed by atoms with Gasteiger partial charge in [0.15, 0.2) is 0 Å². The molecule has 4 rings (SSSR count). The van der Waals surface area contributed by atoms with Crippen LogP contribution in [0.3, 0.4) is 0 Å². The average molecular weight is 393 g/mol. The Morgan fingerprint density at radius 3 is 2.55 bits per heavy atom. The number of benzene rings is 2. The first-order chi connectivity index (χ1) is 14.0. The Morgan fingerprint density at radius 1 is 1.07 bits per heavy atom. The highest BCUT2D eigenvalue weighted by Crippen LogP contribution is 2.27. The van der Waals surface area contributed by atoms with Crippen molar-refractivity contribution in [3.05, 3.63) is 83.7 Å². The Labute approximate surface area is 165 Å². The van der Waals surface area contributed by atoms with Crippen LogP contribution < -0.4 is 10.1 Å². The Kier molecular flexibility index (Phi) is 4.72. The molecule has 0 atom stereocenters. The number of imidazole rings is 1. The number of nitrogens with one attached hydrogen (secondary N) is 1. The number of carbonyl (C=O) groups excluding carboxylic acids is 1. The summed E-state index contributed by atoms with van der Waals surface area (Å²) in [5, 5.41) is 2.60. The van der Waals surface area contributed by atoms with Crippen LogP contribution in [0.4, 0.5) is 14.5 Å². The van der Waals surface area contributed by atoms with Gasteiger partial charge in [-0.1, -0.05) is 0 Å². The van der Waals surface area contributed by atoms with E-state index in [1.165, 1.54) is 0 Å². The SMILES string of the molecule is COc1ccc(-c2nc3ccc(NC(=O)c4cc(F)ccc4F)cn3c2C)cc1. The molecule has 146 valence electrons. The van der Waals surface area contributed by atoms with Crippen LogP contribution in [0.1, 0.15) is 16.1 Å². The number of aromatic nitrogens is 2. The second kappa shape index (κ2) is 7.35. The maximum atomic E-state index is 13.8. The number of hydrogen-bond donors (Lipinski definition) is 1. The fourth-order valence-corrected chi connectivity index (χ4v) is 3.13. The van der Waals surface area contributed by atoms with Gasteiger partial charge in [0, 0.05) is 17.5 Å². The maximum Gasteiger partial charge on any atom is 0.258 e. The lowest BCUT2D eigenvalue weighted by Crippen LogP contribution is -2.14. The Balaban J connectivity index is 1.66. The van der Waals surface area contributed by atoms with Crippen LogP contribution >= 0.6 is 0 Å². The van der Waals surface area contributed by atoms with E-state index in [-0.39, 0.29) is 5.56 Å². The molecule has 0 saturated heterocycles. The molecule has 0 unspecified atom stereocenters. The Bertz CT molecular complexity index is 1220. The summed E-state index contributed by atoms with van der Waals surface area (Å²) >= 11 is 0. The van der Waals surface area contributed by atoms with E-state index in [4.69, 9.17) is 4.74 Å². The van der Waals surface area contributed by atoms with E-state index >= 15 is 0 Å². The number of hydrogen-bond acceptors (Lipinski definition) is 3. The second-order valence-corrected chi connectivity index (χ2v) is 6.50. The number of halogens is 2. The minimum atomic E-state index is -0.786. The van der Waals surface area contributed by atoms with E-state index in [2.05, 4.69) is 10.3 Å². The van der Waals surface area contributed by atoms with Gasteiger partial charge in [0.05, 0.1) is 24.1 Å². The summed E-state index contributed by atoms with van der Waals surface area (Å²) in [6.07, 6.45) is 1.69. The zero-order chi connectivity index (χ0) is 20.5. The quantitative estimate of drug-likeness (QED) is 0.539. The summed E-state index contributed by atoms with van der Waals surface area (Å²) in [6, 6.07) is 13.7. The average Bonchev–Trinajstić information content (AvgIpc) is 3.06. The number of aryl methyl sites for hydroxylation is 1. The predicted molar refractivity (Wildman–Crippen MR) is 106 cm³/mol. The van der Waals surface area contributed by atoms with Crippen molar-refractivity contribution in [1.29, 1.82) is 0 Å². The third kappa shape index (κ3) is 3.54. The molecule has 0 bridgehead atoms. The van der Waals surface area contributed by atoms with Gasteiger partial charge in [0.25, 0.3) is 5.91 Å². The number of carbonyl (C=O) groups is 1. The van der Waals surface area contributed by atoms with Crippen LogP contribution in [-0.4, -0.2) is 22.4 Å². The van der Waals surface area contributed by atoms with Gasteiger partial charge in [-0.3, -0.25) is 4.79 Å². The van der Waals surface area contributed by atoms with Crippen LogP contribution in [0.5, 0.6) is 5.75 Å². The number of rotatable bonds is 4. The highest BCUT2D eigenvalue weighted by Gasteiger charge is 2.15. The molecular formula is C22H17F2N3O2. The molecule has 5 nitrogen and oxygen atoms in total. The lowest BCUT2D eigenvalue weighted by Gasteiger charge is -2.07. The lowest BCUT2D eigenvalue weighted by molar-refractivity contribution is 0.102. The van der Waals surface area contributed by atoms with Crippen LogP contribution in [0.25, 0.3) is 16.9 Å². The Morgan fingerprint density at radius 2 is 1.83 bits per heavy atom. The molecule has 4 aromatic rings. The van der Waals surface area contributed by atoms with Gasteiger partial charge in [-0.05, 0) is 61.5 Å². The van der Waals surface area contributed by atoms with Crippen molar-refractivity contribution in [3.63, 3.8) is 0 Å². The minimum Gasteiger partial charge on any atom is -0.497 e. The van der Waals surface area contributed by atoms with Gasteiger partial charge in [0.2, 0.25) is 0 Å². The molecule has 0 aliphatic carbocycles. The molecule has 0 spiro atoms. The summed E-state index contributed by atoms with van der Waals surface area (Å²) in [5.41, 5.74) is 3.38. The fraction of sp³-hybridized carbons (Fsp3) is 0.0909. The number of pyridine rings is 1. The molecule has 2 heterocycles. The fourth-order valence-electron chi connectivity index (χ4n) is 3.13. The molecule has 2 aromatic heterocycles. The van der Waals surface area contributed by atoms with Crippen molar-refractivity contribution in [2.75, 3.05) is 12.4 Å². The molecule has 1 amide bonds. The van der Waals surface area contributed by atoms with Crippen molar-refractivity contribution in [3.8, 4) is 17.0 Å². The van der Waals surface area contributed by atoms with E-state index in [9.17, 15) is 13.6 Å². The molecule has 0 fully saturated rings. The van der Waals surface area contributed by atoms with E-state index < -0.39 is 17.5 Å². The third-order valence-electron chi connectivity index (χ3n) is 4.65. The third-order valence-corrected chi connectivity index (χ3v) is 4.65. The molecule has 0 aliphatic rings. The number of nitrogens with zero attached hydrogens (tertiary/aromatic N) is 2. The van der Waals surface area contributed by atoms with Crippen molar-refractivity contribution < 1.29 is 18.3 Å². The second-order valence-electron chi connectivity index (χ2n) is 6.50. The van der Waals surface area contributed by atoms with E-state index in [1.54, 1.807) is 25.4 Å². The summed E-state index contributed by atoms with van der Waals surface area (Å²) in [6.45, 7) is 1.91. The zero-order valence-corrected chi connectivity index (χ0v) is 15.7. The van der Waals surface area contributed by atoms with Gasteiger partial charge >= 0.3 is 0 Å². The van der Waals surface area contributed by atoms with Crippen LogP contribution in [0.15, 0.2) is 60.8 Å². The van der Waals surface area contributed by atoms with Crippen molar-refractivity contribution in [2.24, 2.45) is 0 Å². The normalized spacial score (nSPS) is 10.9. The molecule has 7 heteroatoms. The first-order valence-electron chi connectivity index (χ1n) is 8.86. The van der Waals surface area contributed by atoms with E-state index in [0.29, 0.717) is 11.3 Å². The summed E-state index contributed by atoms with van der Waals surface area (Å²) in [5.74, 6) is -1.44. The first-order valence-corrected chi connectivity index (χ1v) is 8.86. The van der Waals surface area contributed by atoms with Crippen LogP contribution in [0.2, 0.25) is 0 Å². The number of ether oxygens (including phenoxy) is 1. The minimum absolute atomic E-state index is 0.355. The predicted octanol–water partition coefficient (Wildman–Crippen LogP) is 4.85. The highest BCUT2D eigenvalue weighted by atomic mass is 19.1. The van der Waals surface area contributed by atoms with E-state index in [0.717, 1.165) is 40.9 Å². The van der Waals surface area contributed by atoms with Gasteiger partial charge < -0.3 is 14.5 Å². The largest absolute Gasteiger partial charge is 0.497 e. The molecule has 29 heavy (non-hydrogen) atoms. The highest BCUT2D eigenvalue weighted by molar-refractivity contribution is 6.04. The Hall–Kier alpha value is -3.74. The van der Waals surface area contributed by atoms with Gasteiger partial charge in [0.1, 0.15) is 23.0 Å². The lowest BCUT2D eigenvalue weighted by atomic mass is 10.1.